The number of anilines is 2. The molecule has 0 spiro atoms. The highest BCUT2D eigenvalue weighted by Crippen LogP contribution is 2.33. The van der Waals surface area contributed by atoms with Gasteiger partial charge in [-0.25, -0.2) is 9.97 Å². The predicted octanol–water partition coefficient (Wildman–Crippen LogP) is 13.0. The van der Waals surface area contributed by atoms with Crippen LogP contribution in [0.2, 0.25) is 0 Å². The Morgan fingerprint density at radius 2 is 1.15 bits per heavy atom. The fourth-order valence-corrected chi connectivity index (χ4v) is 9.49. The lowest BCUT2D eigenvalue weighted by molar-refractivity contribution is 0.393. The first-order valence-electron chi connectivity index (χ1n) is 23.8. The van der Waals surface area contributed by atoms with Gasteiger partial charge in [-0.2, -0.15) is 0 Å². The number of nitrogens with one attached hydrogen (secondary N) is 2. The lowest BCUT2D eigenvalue weighted by atomic mass is 9.95. The van der Waals surface area contributed by atoms with Gasteiger partial charge in [0.05, 0.1) is 29.9 Å². The van der Waals surface area contributed by atoms with Crippen molar-refractivity contribution in [3.63, 3.8) is 0 Å². The van der Waals surface area contributed by atoms with Crippen LogP contribution in [0.4, 0.5) is 11.6 Å². The number of methoxy groups -OCH3 is 1. The van der Waals surface area contributed by atoms with Gasteiger partial charge in [-0.3, -0.25) is 8.80 Å². The van der Waals surface area contributed by atoms with Crippen LogP contribution in [0.25, 0.3) is 33.5 Å². The maximum absolute atomic E-state index is 5.40. The Balaban J connectivity index is 0.000000168. The number of hydrogen-bond acceptors (Lipinski definition) is 9. The van der Waals surface area contributed by atoms with Crippen molar-refractivity contribution in [2.45, 2.75) is 111 Å². The monoisotopic (exact) mass is 894 g/mol. The Bertz CT molecular complexity index is 3020. The number of aromatic nitrogens is 6. The fourth-order valence-electron chi connectivity index (χ4n) is 9.49. The molecular weight excluding hydrogens is 833 g/mol. The molecule has 3 aromatic carbocycles. The molecule has 2 N–H and O–H groups in total. The molecule has 0 amide bonds. The number of rotatable bonds is 14. The van der Waals surface area contributed by atoms with E-state index in [1.807, 2.05) is 45.9 Å². The molecule has 9 aromatic rings. The number of nitrogens with zero attached hydrogens (tertiary/aromatic N) is 6. The highest BCUT2D eigenvalue weighted by molar-refractivity contribution is 5.73. The minimum atomic E-state index is 0.154. The summed E-state index contributed by atoms with van der Waals surface area (Å²) in [7, 11) is 1.70. The summed E-state index contributed by atoms with van der Waals surface area (Å²) in [5.41, 5.74) is 15.2. The normalized spacial score (nSPS) is 13.4. The minimum absolute atomic E-state index is 0.154. The molecule has 0 aliphatic heterocycles. The zero-order valence-corrected chi connectivity index (χ0v) is 39.9. The Hall–Kier alpha value is -7.14. The van der Waals surface area contributed by atoms with Gasteiger partial charge in [0.15, 0.2) is 0 Å². The van der Waals surface area contributed by atoms with Gasteiger partial charge < -0.3 is 24.4 Å². The van der Waals surface area contributed by atoms with E-state index in [9.17, 15) is 0 Å². The van der Waals surface area contributed by atoms with Crippen molar-refractivity contribution in [3.8, 4) is 28.0 Å². The Kier molecular flexibility index (Phi) is 13.6. The summed E-state index contributed by atoms with van der Waals surface area (Å²) in [6.45, 7) is 12.2. The molecule has 10 rings (SSSR count). The summed E-state index contributed by atoms with van der Waals surface area (Å²) in [5, 5.41) is 15.8. The average Bonchev–Trinajstić information content (AvgIpc) is 4.09. The Labute approximate surface area is 393 Å². The van der Waals surface area contributed by atoms with E-state index in [1.165, 1.54) is 54.4 Å². The topological polar surface area (TPSA) is 120 Å². The highest BCUT2D eigenvalue weighted by atomic mass is 16.5. The van der Waals surface area contributed by atoms with Crippen LogP contribution in [0, 0.1) is 34.6 Å². The van der Waals surface area contributed by atoms with Crippen LogP contribution in [0.5, 0.6) is 5.75 Å². The van der Waals surface area contributed by atoms with E-state index >= 15 is 0 Å². The van der Waals surface area contributed by atoms with Crippen molar-refractivity contribution >= 4 is 22.9 Å². The van der Waals surface area contributed by atoms with Crippen LogP contribution in [0.15, 0.2) is 125 Å². The van der Waals surface area contributed by atoms with Crippen LogP contribution in [0.3, 0.4) is 0 Å². The van der Waals surface area contributed by atoms with Gasteiger partial charge in [0, 0.05) is 35.6 Å². The summed E-state index contributed by atoms with van der Waals surface area (Å²) in [6, 6.07) is 36.8. The number of hydrogen-bond donors (Lipinski definition) is 2. The number of aryl methyl sites for hydroxylation is 9. The quantitative estimate of drug-likeness (QED) is 0.110. The second-order valence-corrected chi connectivity index (χ2v) is 18.1. The molecule has 1 aliphatic carbocycles. The SMILES string of the molecule is COc1ccc(CCc2nc3cc(-c4c(C)noc4C)ccn3c2NC2CCCCC2)cc1.Cc1ccc(CCc2nc3cc(-c4c(C)noc4C)ccn3c2N[C@H](C)c2ccccc2)cc1. The standard InChI is InChI=1S/C29H30N4O.C27H32N4O2/c1-19-10-12-23(13-11-19)14-15-26-29(30-20(2)24-8-6-5-7-9-24)33-17-16-25(18-27(33)31-26)28-21(3)32-34-22(28)4;1-18-26(19(2)33-30-18)21-15-16-31-25(17-21)29-24(27(31)28-22-7-5-4-6-8-22)14-11-20-9-12-23(32-3)13-10-20/h5-13,16-18,20,30H,14-15H2,1-4H3;9-10,12-13,15-17,22,28H,4-8,11,14H2,1-3H3/t20-;/m1./s1. The molecule has 67 heavy (non-hydrogen) atoms. The van der Waals surface area contributed by atoms with Crippen molar-refractivity contribution in [1.29, 1.82) is 0 Å². The van der Waals surface area contributed by atoms with Gasteiger partial charge in [-0.1, -0.05) is 102 Å². The van der Waals surface area contributed by atoms with Crippen molar-refractivity contribution in [1.82, 2.24) is 29.1 Å². The third-order valence-corrected chi connectivity index (χ3v) is 13.2. The van der Waals surface area contributed by atoms with Gasteiger partial charge in [0.1, 0.15) is 40.2 Å². The number of fused-ring (bicyclic) bond motifs is 2. The third kappa shape index (κ3) is 10.2. The molecule has 11 heteroatoms. The lowest BCUT2D eigenvalue weighted by Gasteiger charge is -2.24. The molecule has 0 bridgehead atoms. The van der Waals surface area contributed by atoms with E-state index in [1.54, 1.807) is 7.11 Å². The van der Waals surface area contributed by atoms with E-state index in [4.69, 9.17) is 23.8 Å². The van der Waals surface area contributed by atoms with Crippen LogP contribution in [-0.4, -0.2) is 42.2 Å². The molecule has 11 nitrogen and oxygen atoms in total. The van der Waals surface area contributed by atoms with Gasteiger partial charge >= 0.3 is 0 Å². The largest absolute Gasteiger partial charge is 0.497 e. The molecule has 6 aromatic heterocycles. The van der Waals surface area contributed by atoms with Crippen molar-refractivity contribution in [3.05, 3.63) is 172 Å². The Morgan fingerprint density at radius 3 is 1.67 bits per heavy atom. The van der Waals surface area contributed by atoms with Crippen molar-refractivity contribution in [2.24, 2.45) is 0 Å². The molecule has 0 radical (unpaired) electrons. The van der Waals surface area contributed by atoms with Crippen molar-refractivity contribution < 1.29 is 13.8 Å². The molecule has 1 aliphatic rings. The molecular formula is C56H62N8O3. The van der Waals surface area contributed by atoms with Gasteiger partial charge in [-0.05, 0) is 144 Å². The number of pyridine rings is 2. The summed E-state index contributed by atoms with van der Waals surface area (Å²) < 4.78 is 20.5. The van der Waals surface area contributed by atoms with Crippen LogP contribution in [0.1, 0.15) is 102 Å². The second kappa shape index (κ2) is 20.2. The fraction of sp³-hybridized carbons (Fsp3) is 0.321. The maximum Gasteiger partial charge on any atom is 0.141 e. The molecule has 0 unspecified atom stereocenters. The number of ether oxygens (including phenoxy) is 1. The Morgan fingerprint density at radius 1 is 0.627 bits per heavy atom. The van der Waals surface area contributed by atoms with E-state index in [0.29, 0.717) is 6.04 Å². The summed E-state index contributed by atoms with van der Waals surface area (Å²) >= 11 is 0. The first-order valence-corrected chi connectivity index (χ1v) is 23.8. The van der Waals surface area contributed by atoms with Crippen LogP contribution in [-0.2, 0) is 25.7 Å². The number of imidazole rings is 2. The molecule has 344 valence electrons. The second-order valence-electron chi connectivity index (χ2n) is 18.1. The zero-order chi connectivity index (χ0) is 46.4. The predicted molar refractivity (Wildman–Crippen MR) is 268 cm³/mol. The highest BCUT2D eigenvalue weighted by Gasteiger charge is 2.22. The van der Waals surface area contributed by atoms with Gasteiger partial charge in [-0.15, -0.1) is 0 Å². The van der Waals surface area contributed by atoms with E-state index in [-0.39, 0.29) is 6.04 Å². The van der Waals surface area contributed by atoms with Gasteiger partial charge in [0.25, 0.3) is 0 Å². The molecule has 1 saturated carbocycles. The lowest BCUT2D eigenvalue weighted by Crippen LogP contribution is -2.23. The summed E-state index contributed by atoms with van der Waals surface area (Å²) in [4.78, 5) is 10.2. The van der Waals surface area contributed by atoms with E-state index in [2.05, 4.69) is 141 Å². The summed E-state index contributed by atoms with van der Waals surface area (Å²) in [6.07, 6.45) is 14.2. The first-order chi connectivity index (χ1) is 32.6. The van der Waals surface area contributed by atoms with Crippen LogP contribution >= 0.6 is 0 Å². The maximum atomic E-state index is 5.40. The molecule has 0 saturated heterocycles. The molecule has 6 heterocycles. The van der Waals surface area contributed by atoms with Crippen molar-refractivity contribution in [2.75, 3.05) is 17.7 Å². The molecule has 1 fully saturated rings. The van der Waals surface area contributed by atoms with E-state index in [0.717, 1.165) is 111 Å². The van der Waals surface area contributed by atoms with Crippen LogP contribution < -0.4 is 15.4 Å². The van der Waals surface area contributed by atoms with E-state index < -0.39 is 0 Å². The number of benzene rings is 3. The summed E-state index contributed by atoms with van der Waals surface area (Å²) in [5.74, 6) is 4.73. The first kappa shape index (κ1) is 45.0. The third-order valence-electron chi connectivity index (χ3n) is 13.2. The molecule has 1 atom stereocenters. The average molecular weight is 895 g/mol. The smallest absolute Gasteiger partial charge is 0.141 e. The van der Waals surface area contributed by atoms with Gasteiger partial charge in [0.2, 0.25) is 0 Å². The minimum Gasteiger partial charge on any atom is -0.497 e. The zero-order valence-electron chi connectivity index (χ0n) is 39.9.